The van der Waals surface area contributed by atoms with Crippen LogP contribution in [-0.2, 0) is 10.3 Å². The Hall–Kier alpha value is -2.21. The third-order valence-electron chi connectivity index (χ3n) is 5.62. The average Bonchev–Trinajstić information content (AvgIpc) is 2.77. The van der Waals surface area contributed by atoms with E-state index >= 15 is 0 Å². The maximum absolute atomic E-state index is 14.7. The van der Waals surface area contributed by atoms with Gasteiger partial charge in [-0.1, -0.05) is 18.2 Å². The van der Waals surface area contributed by atoms with Crippen LogP contribution in [0.2, 0.25) is 0 Å². The summed E-state index contributed by atoms with van der Waals surface area (Å²) in [5.74, 6) is -57.3. The lowest BCUT2D eigenvalue weighted by Crippen LogP contribution is -2.74. The van der Waals surface area contributed by atoms with Crippen LogP contribution in [0.1, 0.15) is 32.8 Å². The fourth-order valence-electron chi connectivity index (χ4n) is 3.27. The van der Waals surface area contributed by atoms with Crippen LogP contribution in [0.5, 0.6) is 5.75 Å². The van der Waals surface area contributed by atoms with Crippen molar-refractivity contribution in [3.63, 3.8) is 0 Å². The second-order valence-electron chi connectivity index (χ2n) is 8.92. The maximum atomic E-state index is 14.7. The molecule has 1 aromatic carbocycles. The van der Waals surface area contributed by atoms with Gasteiger partial charge in [-0.05, 0) is 26.8 Å². The molecule has 0 amide bonds. The zero-order chi connectivity index (χ0) is 32.2. The predicted molar refractivity (Wildman–Crippen MR) is 102 cm³/mol. The maximum Gasteiger partial charge on any atom is 0.460 e. The van der Waals surface area contributed by atoms with Gasteiger partial charge in [0.05, 0.1) is 18.1 Å². The van der Waals surface area contributed by atoms with Crippen LogP contribution in [0, 0.1) is 0 Å². The number of rotatable bonds is 12. The first-order valence-corrected chi connectivity index (χ1v) is 10.5. The topological polar surface area (TPSA) is 18.5 Å². The Balaban J connectivity index is 3.71. The van der Waals surface area contributed by atoms with Crippen molar-refractivity contribution in [2.45, 2.75) is 86.5 Å². The summed E-state index contributed by atoms with van der Waals surface area (Å²) in [6.07, 6.45) is -11.3. The molecular formula is C21H19F17O2. The lowest BCUT2D eigenvalue weighted by Gasteiger charge is -2.44. The molecule has 0 N–H and O–H groups in total. The average molecular weight is 626 g/mol. The van der Waals surface area contributed by atoms with Crippen LogP contribution in [0.3, 0.4) is 0 Å². The minimum absolute atomic E-state index is 0.404. The lowest BCUT2D eigenvalue weighted by atomic mass is 9.82. The minimum atomic E-state index is -8.68. The normalized spacial score (nSPS) is 16.8. The molecule has 0 heterocycles. The number of alkyl halides is 17. The van der Waals surface area contributed by atoms with Crippen molar-refractivity contribution in [1.82, 2.24) is 0 Å². The monoisotopic (exact) mass is 626 g/mol. The van der Waals surface area contributed by atoms with Crippen molar-refractivity contribution in [3.05, 3.63) is 29.8 Å². The molecule has 1 rings (SSSR count). The van der Waals surface area contributed by atoms with Gasteiger partial charge in [0.15, 0.2) is 0 Å². The highest BCUT2D eigenvalue weighted by molar-refractivity contribution is 5.38. The Morgan fingerprint density at radius 1 is 0.600 bits per heavy atom. The molecule has 40 heavy (non-hydrogen) atoms. The van der Waals surface area contributed by atoms with E-state index in [1.165, 1.54) is 19.9 Å². The van der Waals surface area contributed by atoms with Crippen LogP contribution < -0.4 is 4.74 Å². The highest BCUT2D eigenvalue weighted by Gasteiger charge is 2.95. The molecule has 0 aliphatic carbocycles. The van der Waals surface area contributed by atoms with Gasteiger partial charge in [0.25, 0.3) is 0 Å². The molecule has 0 spiro atoms. The van der Waals surface area contributed by atoms with E-state index in [0.717, 1.165) is 18.2 Å². The molecule has 0 radical (unpaired) electrons. The Morgan fingerprint density at radius 3 is 1.35 bits per heavy atom. The Kier molecular flexibility index (Phi) is 9.18. The Bertz CT molecular complexity index is 1030. The van der Waals surface area contributed by atoms with Gasteiger partial charge in [-0.3, -0.25) is 0 Å². The summed E-state index contributed by atoms with van der Waals surface area (Å²) in [6, 6.07) is 4.16. The van der Waals surface area contributed by atoms with Crippen molar-refractivity contribution in [1.29, 1.82) is 0 Å². The van der Waals surface area contributed by atoms with Crippen molar-refractivity contribution in [2.24, 2.45) is 0 Å². The first-order valence-electron chi connectivity index (χ1n) is 10.5. The number of para-hydroxylation sites is 1. The zero-order valence-electron chi connectivity index (χ0n) is 20.3. The van der Waals surface area contributed by atoms with Gasteiger partial charge in [-0.15, -0.1) is 0 Å². The summed E-state index contributed by atoms with van der Waals surface area (Å²) in [7, 11) is 0.529. The van der Waals surface area contributed by atoms with Gasteiger partial charge in [0, 0.05) is 12.7 Å². The third-order valence-corrected chi connectivity index (χ3v) is 5.62. The first-order chi connectivity index (χ1) is 17.4. The second kappa shape index (κ2) is 10.3. The number of hydrogen-bond donors (Lipinski definition) is 0. The Morgan fingerprint density at radius 2 is 0.975 bits per heavy atom. The largest absolute Gasteiger partial charge is 0.491 e. The molecule has 0 aliphatic heterocycles. The molecule has 19 heteroatoms. The molecule has 0 aliphatic rings. The number of methoxy groups -OCH3 is 1. The van der Waals surface area contributed by atoms with E-state index in [0.29, 0.717) is 14.0 Å². The van der Waals surface area contributed by atoms with Gasteiger partial charge < -0.3 is 9.47 Å². The van der Waals surface area contributed by atoms with E-state index in [9.17, 15) is 74.6 Å². The fraction of sp³-hybridized carbons (Fsp3) is 0.714. The molecule has 0 saturated heterocycles. The summed E-state index contributed by atoms with van der Waals surface area (Å²) < 4.78 is 241. The molecule has 2 nitrogen and oxygen atoms in total. The lowest BCUT2D eigenvalue weighted by molar-refractivity contribution is -0.462. The van der Waals surface area contributed by atoms with Crippen LogP contribution in [0.4, 0.5) is 74.6 Å². The molecular weight excluding hydrogens is 607 g/mol. The van der Waals surface area contributed by atoms with E-state index in [1.54, 1.807) is 0 Å². The number of benzene rings is 1. The van der Waals surface area contributed by atoms with Crippen molar-refractivity contribution >= 4 is 0 Å². The van der Waals surface area contributed by atoms with Gasteiger partial charge >= 0.3 is 47.6 Å². The van der Waals surface area contributed by atoms with Crippen molar-refractivity contribution in [3.8, 4) is 5.75 Å². The van der Waals surface area contributed by atoms with Crippen molar-refractivity contribution in [2.75, 3.05) is 7.11 Å². The van der Waals surface area contributed by atoms with Gasteiger partial charge in [-0.25, -0.2) is 0 Å². The number of halogens is 17. The number of hydrogen-bond acceptors (Lipinski definition) is 2. The van der Waals surface area contributed by atoms with Crippen LogP contribution in [0.25, 0.3) is 0 Å². The minimum Gasteiger partial charge on any atom is -0.491 e. The third kappa shape index (κ3) is 5.26. The molecule has 1 atom stereocenters. The molecule has 0 saturated carbocycles. The van der Waals surface area contributed by atoms with E-state index in [-0.39, 0.29) is 0 Å². The van der Waals surface area contributed by atoms with Gasteiger partial charge in [-0.2, -0.15) is 74.6 Å². The molecule has 1 aromatic rings. The highest BCUT2D eigenvalue weighted by Crippen LogP contribution is 2.64. The number of ether oxygens (including phenoxy) is 2. The summed E-state index contributed by atoms with van der Waals surface area (Å²) in [4.78, 5) is 0. The first kappa shape index (κ1) is 35.8. The summed E-state index contributed by atoms with van der Waals surface area (Å²) >= 11 is 0. The predicted octanol–water partition coefficient (Wildman–Crippen LogP) is 8.73. The zero-order valence-corrected chi connectivity index (χ0v) is 20.3. The van der Waals surface area contributed by atoms with E-state index in [2.05, 4.69) is 4.74 Å². The molecule has 234 valence electrons. The van der Waals surface area contributed by atoms with E-state index in [1.807, 2.05) is 0 Å². The van der Waals surface area contributed by atoms with Gasteiger partial charge in [0.1, 0.15) is 5.75 Å². The molecule has 0 bridgehead atoms. The van der Waals surface area contributed by atoms with Crippen LogP contribution in [-0.4, -0.2) is 60.8 Å². The van der Waals surface area contributed by atoms with Crippen molar-refractivity contribution < 1.29 is 84.1 Å². The summed E-state index contributed by atoms with van der Waals surface area (Å²) in [5.41, 5.74) is -3.52. The molecule has 0 fully saturated rings. The molecule has 1 unspecified atom stereocenters. The van der Waals surface area contributed by atoms with E-state index < -0.39 is 77.1 Å². The molecule has 0 aromatic heterocycles. The Labute approximate surface area is 214 Å². The van der Waals surface area contributed by atoms with E-state index in [4.69, 9.17) is 4.74 Å². The summed E-state index contributed by atoms with van der Waals surface area (Å²) in [6.45, 7) is 3.26. The highest BCUT2D eigenvalue weighted by atomic mass is 19.4. The summed E-state index contributed by atoms with van der Waals surface area (Å²) in [5, 5.41) is 0. The smallest absolute Gasteiger partial charge is 0.460 e. The SMILES string of the molecule is COC(C)(CC(F)(F)C(F)(F)C(F)(F)C(F)(F)C(F)(F)C(F)(F)C(F)(F)C(F)(F)F)c1ccccc1OC(C)C. The standard InChI is InChI=1S/C21H19F17O2/c1-10(2)40-12-8-6-5-7-11(12)13(3,39-4)9-14(22,23)15(24,25)16(26,27)17(28,29)18(30,31)19(32,33)20(34,35)21(36,37)38/h5-8,10H,9H2,1-4H3. The second-order valence-corrected chi connectivity index (χ2v) is 8.92. The fourth-order valence-corrected chi connectivity index (χ4v) is 3.27. The van der Waals surface area contributed by atoms with Crippen LogP contribution in [0.15, 0.2) is 24.3 Å². The van der Waals surface area contributed by atoms with Crippen LogP contribution >= 0.6 is 0 Å². The van der Waals surface area contributed by atoms with Gasteiger partial charge in [0.2, 0.25) is 0 Å². The quantitative estimate of drug-likeness (QED) is 0.216.